The maximum atomic E-state index is 14.1. The van der Waals surface area contributed by atoms with E-state index in [2.05, 4.69) is 30.4 Å². The van der Waals surface area contributed by atoms with Gasteiger partial charge in [-0.2, -0.15) is 11.8 Å². The van der Waals surface area contributed by atoms with Crippen molar-refractivity contribution in [3.63, 3.8) is 0 Å². The monoisotopic (exact) mass is 545 g/mol. The fraction of sp³-hybridized carbons (Fsp3) is 0.633. The number of amides is 3. The molecule has 212 valence electrons. The number of ether oxygens (including phenoxy) is 1. The number of benzene rings is 1. The van der Waals surface area contributed by atoms with Gasteiger partial charge in [0.25, 0.3) is 0 Å². The minimum atomic E-state index is -0.843. The molecule has 0 saturated heterocycles. The maximum absolute atomic E-state index is 14.1. The highest BCUT2D eigenvalue weighted by Gasteiger charge is 2.35. The van der Waals surface area contributed by atoms with Crippen LogP contribution in [0.5, 0.6) is 0 Å². The van der Waals surface area contributed by atoms with Crippen LogP contribution in [-0.2, 0) is 14.3 Å². The predicted octanol–water partition coefficient (Wildman–Crippen LogP) is 5.68. The standard InChI is InChI=1S/C30H47N3O4S/c1-8-11-13-14-21-33(28(35)25(19-22-38-7)32-29(36)37-30(4,5)6)26(27(34)31-20-12-9-2)24-17-15-23(10-3)16-18-24/h3,15-18,25-26H,8-9,11-14,19-22H2,1-2,4-7H3,(H,31,34)(H,32,36). The molecular weight excluding hydrogens is 498 g/mol. The zero-order chi connectivity index (χ0) is 28.6. The van der Waals surface area contributed by atoms with Gasteiger partial charge in [-0.3, -0.25) is 9.59 Å². The number of thioether (sulfide) groups is 1. The second kappa shape index (κ2) is 17.8. The summed E-state index contributed by atoms with van der Waals surface area (Å²) in [7, 11) is 0. The summed E-state index contributed by atoms with van der Waals surface area (Å²) in [5.41, 5.74) is 0.684. The molecular formula is C30H47N3O4S. The van der Waals surface area contributed by atoms with Crippen LogP contribution in [0.4, 0.5) is 4.79 Å². The quantitative estimate of drug-likeness (QED) is 0.206. The van der Waals surface area contributed by atoms with Crippen molar-refractivity contribution in [2.75, 3.05) is 25.1 Å². The Balaban J connectivity index is 3.44. The number of rotatable bonds is 16. The van der Waals surface area contributed by atoms with E-state index < -0.39 is 23.8 Å². The first-order valence-electron chi connectivity index (χ1n) is 13.7. The zero-order valence-electron chi connectivity index (χ0n) is 24.1. The summed E-state index contributed by atoms with van der Waals surface area (Å²) >= 11 is 1.59. The molecule has 2 atom stereocenters. The molecule has 0 saturated carbocycles. The van der Waals surface area contributed by atoms with Gasteiger partial charge in [-0.1, -0.05) is 57.6 Å². The Hall–Kier alpha value is -2.66. The van der Waals surface area contributed by atoms with Crippen molar-refractivity contribution >= 4 is 29.7 Å². The lowest BCUT2D eigenvalue weighted by Crippen LogP contribution is -2.53. The Morgan fingerprint density at radius 2 is 1.71 bits per heavy atom. The van der Waals surface area contributed by atoms with Crippen LogP contribution in [0.3, 0.4) is 0 Å². The average molecular weight is 546 g/mol. The van der Waals surface area contributed by atoms with Gasteiger partial charge in [0.2, 0.25) is 11.8 Å². The van der Waals surface area contributed by atoms with Crippen LogP contribution in [0.1, 0.15) is 96.7 Å². The van der Waals surface area contributed by atoms with Crippen LogP contribution in [0, 0.1) is 12.3 Å². The lowest BCUT2D eigenvalue weighted by atomic mass is 10.00. The molecule has 38 heavy (non-hydrogen) atoms. The van der Waals surface area contributed by atoms with Crippen molar-refractivity contribution in [3.05, 3.63) is 35.4 Å². The van der Waals surface area contributed by atoms with Gasteiger partial charge in [-0.15, -0.1) is 6.42 Å². The molecule has 1 aromatic rings. The molecule has 0 heterocycles. The van der Waals surface area contributed by atoms with E-state index >= 15 is 0 Å². The highest BCUT2D eigenvalue weighted by Crippen LogP contribution is 2.25. The summed E-state index contributed by atoms with van der Waals surface area (Å²) in [4.78, 5) is 42.0. The Morgan fingerprint density at radius 1 is 1.05 bits per heavy atom. The fourth-order valence-electron chi connectivity index (χ4n) is 3.94. The minimum absolute atomic E-state index is 0.239. The van der Waals surface area contributed by atoms with E-state index in [1.54, 1.807) is 49.6 Å². The van der Waals surface area contributed by atoms with Crippen molar-refractivity contribution in [1.29, 1.82) is 0 Å². The Morgan fingerprint density at radius 3 is 2.26 bits per heavy atom. The van der Waals surface area contributed by atoms with E-state index in [9.17, 15) is 14.4 Å². The highest BCUT2D eigenvalue weighted by atomic mass is 32.2. The number of terminal acetylenes is 1. The molecule has 0 aliphatic rings. The van der Waals surface area contributed by atoms with Gasteiger partial charge in [0.1, 0.15) is 17.7 Å². The van der Waals surface area contributed by atoms with Crippen LogP contribution >= 0.6 is 11.8 Å². The van der Waals surface area contributed by atoms with E-state index in [0.29, 0.717) is 36.4 Å². The zero-order valence-corrected chi connectivity index (χ0v) is 24.9. The summed E-state index contributed by atoms with van der Waals surface area (Å²) in [6, 6.07) is 5.52. The average Bonchev–Trinajstić information content (AvgIpc) is 2.87. The van der Waals surface area contributed by atoms with Crippen molar-refractivity contribution in [2.45, 2.75) is 97.2 Å². The second-order valence-electron chi connectivity index (χ2n) is 10.4. The molecule has 2 N–H and O–H groups in total. The van der Waals surface area contributed by atoms with E-state index in [1.807, 2.05) is 18.4 Å². The lowest BCUT2D eigenvalue weighted by Gasteiger charge is -2.34. The molecule has 1 aromatic carbocycles. The molecule has 3 amide bonds. The van der Waals surface area contributed by atoms with Gasteiger partial charge < -0.3 is 20.3 Å². The minimum Gasteiger partial charge on any atom is -0.444 e. The van der Waals surface area contributed by atoms with Crippen molar-refractivity contribution < 1.29 is 19.1 Å². The first kappa shape index (κ1) is 33.4. The van der Waals surface area contributed by atoms with Crippen molar-refractivity contribution in [3.8, 4) is 12.3 Å². The van der Waals surface area contributed by atoms with Crippen LogP contribution in [0.15, 0.2) is 24.3 Å². The smallest absolute Gasteiger partial charge is 0.408 e. The second-order valence-corrected chi connectivity index (χ2v) is 11.4. The highest BCUT2D eigenvalue weighted by molar-refractivity contribution is 7.98. The van der Waals surface area contributed by atoms with Crippen molar-refractivity contribution in [2.24, 2.45) is 0 Å². The molecule has 2 unspecified atom stereocenters. The number of hydrogen-bond acceptors (Lipinski definition) is 5. The number of alkyl carbamates (subject to hydrolysis) is 1. The van der Waals surface area contributed by atoms with Crippen LogP contribution in [-0.4, -0.2) is 59.5 Å². The van der Waals surface area contributed by atoms with Gasteiger partial charge in [-0.05, 0) is 69.7 Å². The Labute approximate surface area is 234 Å². The maximum Gasteiger partial charge on any atom is 0.408 e. The summed E-state index contributed by atoms with van der Waals surface area (Å²) < 4.78 is 5.45. The van der Waals surface area contributed by atoms with Gasteiger partial charge in [-0.25, -0.2) is 4.79 Å². The summed E-state index contributed by atoms with van der Waals surface area (Å²) in [5, 5.41) is 5.79. The number of carbonyl (C=O) groups is 3. The molecule has 8 heteroatoms. The number of nitrogens with zero attached hydrogens (tertiary/aromatic N) is 1. The van der Waals surface area contributed by atoms with E-state index in [1.165, 1.54) is 0 Å². The molecule has 0 aromatic heterocycles. The Kier molecular flexibility index (Phi) is 15.6. The van der Waals surface area contributed by atoms with E-state index in [4.69, 9.17) is 11.2 Å². The van der Waals surface area contributed by atoms with Gasteiger partial charge >= 0.3 is 6.09 Å². The summed E-state index contributed by atoms with van der Waals surface area (Å²) in [6.45, 7) is 10.4. The number of hydrogen-bond donors (Lipinski definition) is 2. The normalized spacial score (nSPS) is 12.7. The molecule has 0 fully saturated rings. The van der Waals surface area contributed by atoms with Crippen LogP contribution in [0.2, 0.25) is 0 Å². The van der Waals surface area contributed by atoms with Crippen molar-refractivity contribution in [1.82, 2.24) is 15.5 Å². The fourth-order valence-corrected chi connectivity index (χ4v) is 4.41. The van der Waals surface area contributed by atoms with Crippen LogP contribution < -0.4 is 10.6 Å². The van der Waals surface area contributed by atoms with E-state index in [0.717, 1.165) is 38.5 Å². The summed E-state index contributed by atoms with van der Waals surface area (Å²) in [5.74, 6) is 2.74. The van der Waals surface area contributed by atoms with Crippen LogP contribution in [0.25, 0.3) is 0 Å². The molecule has 0 aliphatic carbocycles. The topological polar surface area (TPSA) is 87.7 Å². The first-order valence-corrected chi connectivity index (χ1v) is 15.1. The Bertz CT molecular complexity index is 906. The SMILES string of the molecule is C#Cc1ccc(C(C(=O)NCCCC)N(CCCCCC)C(=O)C(CCSC)NC(=O)OC(C)(C)C)cc1. The molecule has 0 radical (unpaired) electrons. The lowest BCUT2D eigenvalue weighted by molar-refractivity contribution is -0.142. The molecule has 0 aliphatic heterocycles. The number of nitrogens with one attached hydrogen (secondary N) is 2. The van der Waals surface area contributed by atoms with E-state index in [-0.39, 0.29) is 11.8 Å². The molecule has 0 bridgehead atoms. The number of carbonyl (C=O) groups excluding carboxylic acids is 3. The molecule has 0 spiro atoms. The predicted molar refractivity (Wildman–Crippen MR) is 157 cm³/mol. The third-order valence-electron chi connectivity index (χ3n) is 5.92. The molecule has 7 nitrogen and oxygen atoms in total. The largest absolute Gasteiger partial charge is 0.444 e. The molecule has 1 rings (SSSR count). The van der Waals surface area contributed by atoms with Gasteiger partial charge in [0.05, 0.1) is 0 Å². The van der Waals surface area contributed by atoms with Gasteiger partial charge in [0.15, 0.2) is 0 Å². The first-order chi connectivity index (χ1) is 18.1. The third kappa shape index (κ3) is 12.3. The third-order valence-corrected chi connectivity index (χ3v) is 6.56. The number of unbranched alkanes of at least 4 members (excludes halogenated alkanes) is 4. The van der Waals surface area contributed by atoms with Gasteiger partial charge in [0, 0.05) is 18.7 Å². The summed E-state index contributed by atoms with van der Waals surface area (Å²) in [6.07, 6.45) is 12.8.